The van der Waals surface area contributed by atoms with Crippen molar-refractivity contribution in [1.82, 2.24) is 9.80 Å². The van der Waals surface area contributed by atoms with Gasteiger partial charge in [0.15, 0.2) is 0 Å². The van der Waals surface area contributed by atoms with Gasteiger partial charge in [0.25, 0.3) is 0 Å². The van der Waals surface area contributed by atoms with Gasteiger partial charge < -0.3 is 15.5 Å². The second kappa shape index (κ2) is 4.75. The number of likely N-dealkylation sites (N-methyl/N-ethyl adjacent to an activating group) is 2. The number of carbonyl (C=O) groups is 1. The molecule has 0 radical (unpaired) electrons. The first-order chi connectivity index (χ1) is 6.56. The second-order valence-corrected chi connectivity index (χ2v) is 4.29. The third kappa shape index (κ3) is 2.45. The Morgan fingerprint density at radius 1 is 1.71 bits per heavy atom. The lowest BCUT2D eigenvalue weighted by atomic mass is 10.1. The van der Waals surface area contributed by atoms with E-state index in [1.165, 1.54) is 0 Å². The zero-order valence-electron chi connectivity index (χ0n) is 9.36. The van der Waals surface area contributed by atoms with E-state index in [2.05, 4.69) is 11.9 Å². The van der Waals surface area contributed by atoms with Crippen molar-refractivity contribution in [3.8, 4) is 0 Å². The molecule has 4 heteroatoms. The highest BCUT2D eigenvalue weighted by Crippen LogP contribution is 2.14. The van der Waals surface area contributed by atoms with Crippen LogP contribution in [0.1, 0.15) is 13.3 Å². The molecule has 2 atom stereocenters. The van der Waals surface area contributed by atoms with Crippen LogP contribution in [-0.4, -0.2) is 55.5 Å². The molecule has 0 aromatic carbocycles. The van der Waals surface area contributed by atoms with E-state index in [-0.39, 0.29) is 11.8 Å². The first-order valence-corrected chi connectivity index (χ1v) is 5.21. The minimum absolute atomic E-state index is 0.0501. The van der Waals surface area contributed by atoms with Crippen molar-refractivity contribution in [1.29, 1.82) is 0 Å². The van der Waals surface area contributed by atoms with Crippen molar-refractivity contribution >= 4 is 5.91 Å². The number of carbonyl (C=O) groups excluding carboxylic acids is 1. The van der Waals surface area contributed by atoms with Crippen molar-refractivity contribution < 1.29 is 4.79 Å². The number of hydrogen-bond donors (Lipinski definition) is 1. The molecule has 0 saturated carbocycles. The van der Waals surface area contributed by atoms with Gasteiger partial charge in [0.2, 0.25) is 5.91 Å². The molecule has 14 heavy (non-hydrogen) atoms. The van der Waals surface area contributed by atoms with Gasteiger partial charge >= 0.3 is 0 Å². The normalized spacial score (nSPS) is 25.0. The number of rotatable bonds is 3. The van der Waals surface area contributed by atoms with Gasteiger partial charge in [-0.05, 0) is 20.0 Å². The van der Waals surface area contributed by atoms with Crippen LogP contribution in [0.5, 0.6) is 0 Å². The second-order valence-electron chi connectivity index (χ2n) is 4.29. The fraction of sp³-hybridized carbons (Fsp3) is 0.900. The van der Waals surface area contributed by atoms with Gasteiger partial charge in [0.05, 0.1) is 0 Å². The molecule has 1 aliphatic heterocycles. The van der Waals surface area contributed by atoms with Crippen molar-refractivity contribution in [2.75, 3.05) is 33.7 Å². The molecule has 0 aliphatic carbocycles. The molecule has 1 heterocycles. The lowest BCUT2D eigenvalue weighted by molar-refractivity contribution is -0.135. The minimum Gasteiger partial charge on any atom is -0.341 e. The van der Waals surface area contributed by atoms with E-state index in [4.69, 9.17) is 5.73 Å². The molecule has 1 rings (SSSR count). The van der Waals surface area contributed by atoms with E-state index < -0.39 is 0 Å². The molecule has 0 bridgehead atoms. The van der Waals surface area contributed by atoms with Gasteiger partial charge in [-0.2, -0.15) is 0 Å². The van der Waals surface area contributed by atoms with Crippen LogP contribution in [0.15, 0.2) is 0 Å². The van der Waals surface area contributed by atoms with Crippen molar-refractivity contribution in [2.45, 2.75) is 19.4 Å². The highest BCUT2D eigenvalue weighted by molar-refractivity contribution is 5.78. The van der Waals surface area contributed by atoms with Crippen molar-refractivity contribution in [2.24, 2.45) is 11.7 Å². The monoisotopic (exact) mass is 199 g/mol. The average molecular weight is 199 g/mol. The van der Waals surface area contributed by atoms with Crippen LogP contribution in [0, 0.1) is 5.92 Å². The third-order valence-corrected chi connectivity index (χ3v) is 3.04. The number of likely N-dealkylation sites (tertiary alicyclic amines) is 1. The van der Waals surface area contributed by atoms with E-state index in [0.717, 1.165) is 19.5 Å². The van der Waals surface area contributed by atoms with E-state index in [0.29, 0.717) is 12.6 Å². The van der Waals surface area contributed by atoms with Crippen LogP contribution in [0.3, 0.4) is 0 Å². The van der Waals surface area contributed by atoms with Gasteiger partial charge in [-0.15, -0.1) is 0 Å². The summed E-state index contributed by atoms with van der Waals surface area (Å²) in [4.78, 5) is 15.9. The van der Waals surface area contributed by atoms with Crippen LogP contribution in [-0.2, 0) is 4.79 Å². The number of nitrogens with two attached hydrogens (primary N) is 1. The maximum atomic E-state index is 11.8. The first-order valence-electron chi connectivity index (χ1n) is 5.21. The van der Waals surface area contributed by atoms with Crippen LogP contribution in [0.25, 0.3) is 0 Å². The summed E-state index contributed by atoms with van der Waals surface area (Å²) in [6, 6.07) is 0.376. The molecule has 2 unspecified atom stereocenters. The Morgan fingerprint density at radius 3 is 2.79 bits per heavy atom. The smallest absolute Gasteiger partial charge is 0.226 e. The van der Waals surface area contributed by atoms with Crippen molar-refractivity contribution in [3.63, 3.8) is 0 Å². The Labute approximate surface area is 86.0 Å². The molecule has 0 aromatic rings. The highest BCUT2D eigenvalue weighted by atomic mass is 16.2. The largest absolute Gasteiger partial charge is 0.341 e. The maximum absolute atomic E-state index is 11.8. The topological polar surface area (TPSA) is 49.6 Å². The number of nitrogens with zero attached hydrogens (tertiary/aromatic N) is 2. The lowest BCUT2D eigenvalue weighted by Crippen LogP contribution is -2.42. The molecule has 82 valence electrons. The molecular formula is C10H21N3O. The van der Waals surface area contributed by atoms with Crippen LogP contribution in [0.2, 0.25) is 0 Å². The third-order valence-electron chi connectivity index (χ3n) is 3.04. The van der Waals surface area contributed by atoms with E-state index >= 15 is 0 Å². The van der Waals surface area contributed by atoms with E-state index in [1.54, 1.807) is 0 Å². The Hall–Kier alpha value is -0.610. The summed E-state index contributed by atoms with van der Waals surface area (Å²) in [6.45, 7) is 4.39. The molecule has 1 amide bonds. The number of amides is 1. The predicted octanol–water partition coefficient (Wildman–Crippen LogP) is -0.256. The highest BCUT2D eigenvalue weighted by Gasteiger charge is 2.28. The summed E-state index contributed by atoms with van der Waals surface area (Å²) >= 11 is 0. The van der Waals surface area contributed by atoms with Crippen molar-refractivity contribution in [3.05, 3.63) is 0 Å². The maximum Gasteiger partial charge on any atom is 0.226 e. The van der Waals surface area contributed by atoms with E-state index in [1.807, 2.05) is 18.9 Å². The SMILES string of the molecule is CC(CN)C(=O)N(C)C1CCN(C)C1. The lowest BCUT2D eigenvalue weighted by Gasteiger charge is -2.26. The summed E-state index contributed by atoms with van der Waals surface area (Å²) in [7, 11) is 3.98. The first kappa shape index (κ1) is 11.5. The minimum atomic E-state index is -0.0501. The van der Waals surface area contributed by atoms with Crippen LogP contribution >= 0.6 is 0 Å². The van der Waals surface area contributed by atoms with E-state index in [9.17, 15) is 4.79 Å². The molecule has 2 N–H and O–H groups in total. The van der Waals surface area contributed by atoms with Gasteiger partial charge in [0, 0.05) is 32.1 Å². The van der Waals surface area contributed by atoms with Crippen LogP contribution in [0.4, 0.5) is 0 Å². The molecule has 1 fully saturated rings. The Morgan fingerprint density at radius 2 is 2.36 bits per heavy atom. The fourth-order valence-electron chi connectivity index (χ4n) is 1.86. The Bertz CT molecular complexity index is 208. The van der Waals surface area contributed by atoms with Gasteiger partial charge in [-0.25, -0.2) is 0 Å². The zero-order valence-corrected chi connectivity index (χ0v) is 9.36. The standard InChI is InChI=1S/C10H21N3O/c1-8(6-11)10(14)13(3)9-4-5-12(2)7-9/h8-9H,4-7,11H2,1-3H3. The molecule has 1 saturated heterocycles. The molecule has 1 aliphatic rings. The number of hydrogen-bond acceptors (Lipinski definition) is 3. The summed E-state index contributed by atoms with van der Waals surface area (Å²) in [5, 5.41) is 0. The van der Waals surface area contributed by atoms with Crippen LogP contribution < -0.4 is 5.73 Å². The summed E-state index contributed by atoms with van der Waals surface area (Å²) in [5.74, 6) is 0.124. The average Bonchev–Trinajstić information content (AvgIpc) is 2.61. The van der Waals surface area contributed by atoms with Gasteiger partial charge in [-0.3, -0.25) is 4.79 Å². The summed E-state index contributed by atoms with van der Waals surface area (Å²) < 4.78 is 0. The zero-order chi connectivity index (χ0) is 10.7. The van der Waals surface area contributed by atoms with Gasteiger partial charge in [0.1, 0.15) is 0 Å². The Balaban J connectivity index is 2.48. The summed E-state index contributed by atoms with van der Waals surface area (Å²) in [6.07, 6.45) is 1.08. The predicted molar refractivity (Wildman–Crippen MR) is 56.9 cm³/mol. The molecule has 0 spiro atoms. The molecular weight excluding hydrogens is 178 g/mol. The van der Waals surface area contributed by atoms with Gasteiger partial charge in [-0.1, -0.05) is 6.92 Å². The molecule has 0 aromatic heterocycles. The quantitative estimate of drug-likeness (QED) is 0.681. The molecule has 4 nitrogen and oxygen atoms in total. The fourth-order valence-corrected chi connectivity index (χ4v) is 1.86. The Kier molecular flexibility index (Phi) is 3.89. The summed E-state index contributed by atoms with van der Waals surface area (Å²) in [5.41, 5.74) is 5.48.